The van der Waals surface area contributed by atoms with Gasteiger partial charge in [-0.15, -0.1) is 0 Å². The monoisotopic (exact) mass is 448 g/mol. The van der Waals surface area contributed by atoms with E-state index in [4.69, 9.17) is 23.7 Å². The van der Waals surface area contributed by atoms with Gasteiger partial charge in [0.1, 0.15) is 60.3 Å². The fraction of sp³-hybridized carbons (Fsp3) is 0.684. The van der Waals surface area contributed by atoms with Crippen molar-refractivity contribution >= 4 is 0 Å². The summed E-state index contributed by atoms with van der Waals surface area (Å²) in [6.07, 6.45) is -14.7. The molecule has 2 heterocycles. The Labute approximate surface area is 177 Å². The quantitative estimate of drug-likeness (QED) is 0.220. The minimum Gasteiger partial charge on any atom is -0.497 e. The number of hydrogen-bond donors (Lipinski definition) is 7. The lowest BCUT2D eigenvalue weighted by atomic mass is 9.98. The van der Waals surface area contributed by atoms with Crippen LogP contribution < -0.4 is 9.47 Å². The molecular formula is C19H28O12. The first-order valence-electron chi connectivity index (χ1n) is 9.69. The highest BCUT2D eigenvalue weighted by Crippen LogP contribution is 2.27. The van der Waals surface area contributed by atoms with E-state index in [0.29, 0.717) is 11.5 Å². The van der Waals surface area contributed by atoms with Crippen molar-refractivity contribution in [3.63, 3.8) is 0 Å². The van der Waals surface area contributed by atoms with Gasteiger partial charge in [0.05, 0.1) is 20.3 Å². The van der Waals surface area contributed by atoms with Crippen molar-refractivity contribution in [2.24, 2.45) is 0 Å². The molecule has 3 rings (SSSR count). The van der Waals surface area contributed by atoms with E-state index < -0.39 is 74.6 Å². The molecule has 0 aliphatic carbocycles. The summed E-state index contributed by atoms with van der Waals surface area (Å²) in [5.74, 6) is 0.890. The number of rotatable bonds is 7. The molecule has 7 N–H and O–H groups in total. The summed E-state index contributed by atoms with van der Waals surface area (Å²) in [7, 11) is 1.50. The highest BCUT2D eigenvalue weighted by Gasteiger charge is 2.47. The van der Waals surface area contributed by atoms with Gasteiger partial charge in [0.15, 0.2) is 6.29 Å². The predicted octanol–water partition coefficient (Wildman–Crippen LogP) is -3.30. The lowest BCUT2D eigenvalue weighted by Gasteiger charge is -2.42. The van der Waals surface area contributed by atoms with Crippen LogP contribution in [0.3, 0.4) is 0 Å². The average molecular weight is 448 g/mol. The highest BCUT2D eigenvalue weighted by molar-refractivity contribution is 5.31. The SMILES string of the molecule is COc1ccc(OC2OC(COC3OC(CO)C(O)C(O)C3O)C(O)C(O)C2O)cc1. The van der Waals surface area contributed by atoms with Gasteiger partial charge in [-0.1, -0.05) is 0 Å². The summed E-state index contributed by atoms with van der Waals surface area (Å²) in [6.45, 7) is -1.06. The molecule has 12 heteroatoms. The summed E-state index contributed by atoms with van der Waals surface area (Å²) in [5, 5.41) is 69.5. The van der Waals surface area contributed by atoms with E-state index in [1.165, 1.54) is 7.11 Å². The summed E-state index contributed by atoms with van der Waals surface area (Å²) in [6, 6.07) is 6.36. The first kappa shape index (κ1) is 24.1. The van der Waals surface area contributed by atoms with Crippen LogP contribution in [0.1, 0.15) is 0 Å². The Morgan fingerprint density at radius 1 is 0.710 bits per heavy atom. The Bertz CT molecular complexity index is 685. The summed E-state index contributed by atoms with van der Waals surface area (Å²) in [4.78, 5) is 0. The van der Waals surface area contributed by atoms with Crippen molar-refractivity contribution in [1.29, 1.82) is 0 Å². The van der Waals surface area contributed by atoms with E-state index >= 15 is 0 Å². The maximum Gasteiger partial charge on any atom is 0.229 e. The molecule has 0 radical (unpaired) electrons. The smallest absolute Gasteiger partial charge is 0.229 e. The van der Waals surface area contributed by atoms with Crippen molar-refractivity contribution in [2.75, 3.05) is 20.3 Å². The van der Waals surface area contributed by atoms with Crippen molar-refractivity contribution in [2.45, 2.75) is 61.4 Å². The zero-order valence-corrected chi connectivity index (χ0v) is 16.7. The first-order chi connectivity index (χ1) is 14.8. The van der Waals surface area contributed by atoms with Crippen LogP contribution in [0.2, 0.25) is 0 Å². The van der Waals surface area contributed by atoms with Crippen molar-refractivity contribution in [3.8, 4) is 11.5 Å². The van der Waals surface area contributed by atoms with Crippen molar-refractivity contribution in [3.05, 3.63) is 24.3 Å². The van der Waals surface area contributed by atoms with E-state index in [0.717, 1.165) is 0 Å². The second kappa shape index (κ2) is 10.4. The van der Waals surface area contributed by atoms with Crippen LogP contribution >= 0.6 is 0 Å². The molecule has 2 saturated heterocycles. The predicted molar refractivity (Wildman–Crippen MR) is 100 cm³/mol. The molecular weight excluding hydrogens is 420 g/mol. The Balaban J connectivity index is 1.63. The van der Waals surface area contributed by atoms with Crippen LogP contribution in [0.15, 0.2) is 24.3 Å². The molecule has 12 nitrogen and oxygen atoms in total. The molecule has 176 valence electrons. The van der Waals surface area contributed by atoms with E-state index in [9.17, 15) is 35.7 Å². The minimum atomic E-state index is -1.64. The molecule has 0 spiro atoms. The van der Waals surface area contributed by atoms with Crippen LogP contribution in [-0.4, -0.2) is 117 Å². The van der Waals surface area contributed by atoms with Crippen LogP contribution in [0.25, 0.3) is 0 Å². The zero-order valence-electron chi connectivity index (χ0n) is 16.7. The third-order valence-corrected chi connectivity index (χ3v) is 5.25. The maximum absolute atomic E-state index is 10.2. The third kappa shape index (κ3) is 5.26. The molecule has 0 saturated carbocycles. The van der Waals surface area contributed by atoms with Gasteiger partial charge in [0, 0.05) is 0 Å². The summed E-state index contributed by atoms with van der Waals surface area (Å²) in [5.41, 5.74) is 0. The van der Waals surface area contributed by atoms with Crippen LogP contribution in [0, 0.1) is 0 Å². The fourth-order valence-corrected chi connectivity index (χ4v) is 3.33. The van der Waals surface area contributed by atoms with Crippen molar-refractivity contribution in [1.82, 2.24) is 0 Å². The van der Waals surface area contributed by atoms with Crippen molar-refractivity contribution < 1.29 is 59.4 Å². The topological polar surface area (TPSA) is 188 Å². The molecule has 2 aliphatic rings. The molecule has 10 unspecified atom stereocenters. The average Bonchev–Trinajstić information content (AvgIpc) is 2.78. The van der Waals surface area contributed by atoms with E-state index in [1.54, 1.807) is 24.3 Å². The fourth-order valence-electron chi connectivity index (χ4n) is 3.33. The number of hydrogen-bond acceptors (Lipinski definition) is 12. The molecule has 1 aromatic carbocycles. The molecule has 2 fully saturated rings. The standard InChI is InChI=1S/C19H28O12/c1-27-8-2-4-9(5-3-8)29-19-17(26)15(24)13(22)11(31-19)7-28-18-16(25)14(23)12(21)10(6-20)30-18/h2-5,10-26H,6-7H2,1H3. The molecule has 1 aromatic rings. The van der Waals surface area contributed by atoms with E-state index in [-0.39, 0.29) is 0 Å². The molecule has 10 atom stereocenters. The molecule has 31 heavy (non-hydrogen) atoms. The second-order valence-electron chi connectivity index (χ2n) is 7.34. The van der Waals surface area contributed by atoms with Gasteiger partial charge < -0.3 is 59.4 Å². The first-order valence-corrected chi connectivity index (χ1v) is 9.69. The van der Waals surface area contributed by atoms with Crippen LogP contribution in [0.4, 0.5) is 0 Å². The number of methoxy groups -OCH3 is 1. The van der Waals surface area contributed by atoms with E-state index in [2.05, 4.69) is 0 Å². The Kier molecular flexibility index (Phi) is 8.04. The van der Waals surface area contributed by atoms with Gasteiger partial charge in [0.2, 0.25) is 6.29 Å². The number of aliphatic hydroxyl groups is 7. The Hall–Kier alpha value is -1.58. The highest BCUT2D eigenvalue weighted by atomic mass is 16.7. The van der Waals surface area contributed by atoms with Crippen LogP contribution in [0.5, 0.6) is 11.5 Å². The number of aliphatic hydroxyl groups excluding tert-OH is 7. The number of benzene rings is 1. The van der Waals surface area contributed by atoms with Gasteiger partial charge in [-0.05, 0) is 24.3 Å². The van der Waals surface area contributed by atoms with E-state index in [1.807, 2.05) is 0 Å². The Morgan fingerprint density at radius 2 is 1.23 bits per heavy atom. The lowest BCUT2D eigenvalue weighted by molar-refractivity contribution is -0.323. The zero-order chi connectivity index (χ0) is 22.7. The maximum atomic E-state index is 10.2. The largest absolute Gasteiger partial charge is 0.497 e. The normalized spacial score (nSPS) is 41.0. The minimum absolute atomic E-state index is 0.307. The van der Waals surface area contributed by atoms with Gasteiger partial charge >= 0.3 is 0 Å². The van der Waals surface area contributed by atoms with Gasteiger partial charge in [-0.2, -0.15) is 0 Å². The van der Waals surface area contributed by atoms with Gasteiger partial charge in [0.25, 0.3) is 0 Å². The molecule has 0 bridgehead atoms. The summed E-state index contributed by atoms with van der Waals surface area (Å²) >= 11 is 0. The second-order valence-corrected chi connectivity index (χ2v) is 7.34. The third-order valence-electron chi connectivity index (χ3n) is 5.25. The molecule has 0 aromatic heterocycles. The van der Waals surface area contributed by atoms with Crippen LogP contribution in [-0.2, 0) is 14.2 Å². The molecule has 0 amide bonds. The molecule has 2 aliphatic heterocycles. The number of ether oxygens (including phenoxy) is 5. The lowest BCUT2D eigenvalue weighted by Crippen LogP contribution is -2.62. The van der Waals surface area contributed by atoms with Gasteiger partial charge in [-0.25, -0.2) is 0 Å². The summed E-state index contributed by atoms with van der Waals surface area (Å²) < 4.78 is 26.7. The van der Waals surface area contributed by atoms with Gasteiger partial charge in [-0.3, -0.25) is 0 Å². The Morgan fingerprint density at radius 3 is 1.81 bits per heavy atom.